The zero-order valence-electron chi connectivity index (χ0n) is 13.9. The predicted molar refractivity (Wildman–Crippen MR) is 94.1 cm³/mol. The van der Waals surface area contributed by atoms with Crippen LogP contribution < -0.4 is 10.1 Å². The Morgan fingerprint density at radius 3 is 2.65 bits per heavy atom. The van der Waals surface area contributed by atoms with Crippen molar-refractivity contribution in [1.82, 2.24) is 9.62 Å². The van der Waals surface area contributed by atoms with Gasteiger partial charge in [0.05, 0.1) is 12.9 Å². The summed E-state index contributed by atoms with van der Waals surface area (Å²) in [6.45, 7) is 3.69. The van der Waals surface area contributed by atoms with E-state index in [1.165, 1.54) is 0 Å². The predicted octanol–water partition coefficient (Wildman–Crippen LogP) is 2.11. The van der Waals surface area contributed by atoms with Crippen molar-refractivity contribution in [3.05, 3.63) is 35.9 Å². The first-order chi connectivity index (χ1) is 11.1. The Bertz CT molecular complexity index is 620. The Morgan fingerprint density at radius 2 is 2.00 bits per heavy atom. The third-order valence-corrected chi connectivity index (χ3v) is 6.05. The van der Waals surface area contributed by atoms with Gasteiger partial charge in [-0.1, -0.05) is 30.4 Å². The second-order valence-electron chi connectivity index (χ2n) is 5.63. The molecule has 1 aromatic carbocycles. The summed E-state index contributed by atoms with van der Waals surface area (Å²) in [5, 5.41) is 3.47. The molecule has 1 aliphatic heterocycles. The molecule has 0 radical (unpaired) electrons. The normalized spacial score (nSPS) is 17.7. The molecule has 1 aliphatic rings. The van der Waals surface area contributed by atoms with E-state index in [-0.39, 0.29) is 5.75 Å². The van der Waals surface area contributed by atoms with Gasteiger partial charge < -0.3 is 10.1 Å². The minimum Gasteiger partial charge on any atom is -0.496 e. The van der Waals surface area contributed by atoms with E-state index in [2.05, 4.69) is 11.4 Å². The number of para-hydroxylation sites is 1. The van der Waals surface area contributed by atoms with Crippen molar-refractivity contribution in [2.45, 2.75) is 25.8 Å². The first kappa shape index (κ1) is 18.0. The van der Waals surface area contributed by atoms with E-state index in [1.54, 1.807) is 18.3 Å². The third-order valence-electron chi connectivity index (χ3n) is 4.17. The van der Waals surface area contributed by atoms with Gasteiger partial charge in [0.15, 0.2) is 0 Å². The number of nitrogens with one attached hydrogen (secondary N) is 1. The monoisotopic (exact) mass is 338 g/mol. The largest absolute Gasteiger partial charge is 0.496 e. The zero-order chi connectivity index (χ0) is 16.7. The first-order valence-electron chi connectivity index (χ1n) is 8.07. The quantitative estimate of drug-likeness (QED) is 0.827. The molecular weight excluding hydrogens is 312 g/mol. The number of nitrogens with zero attached hydrogens (tertiary/aromatic N) is 1. The van der Waals surface area contributed by atoms with Crippen LogP contribution in [-0.4, -0.2) is 51.3 Å². The second-order valence-corrected chi connectivity index (χ2v) is 7.88. The summed E-state index contributed by atoms with van der Waals surface area (Å²) >= 11 is 0. The van der Waals surface area contributed by atoms with Gasteiger partial charge in [-0.15, -0.1) is 0 Å². The Kier molecular flexibility index (Phi) is 6.62. The molecule has 0 amide bonds. The van der Waals surface area contributed by atoms with E-state index in [0.29, 0.717) is 19.1 Å². The molecule has 6 heteroatoms. The molecule has 2 rings (SSSR count). The molecule has 0 saturated carbocycles. The van der Waals surface area contributed by atoms with Crippen molar-refractivity contribution < 1.29 is 13.2 Å². The Labute approximate surface area is 139 Å². The minimum atomic E-state index is -3.04. The van der Waals surface area contributed by atoms with E-state index in [4.69, 9.17) is 4.74 Å². The van der Waals surface area contributed by atoms with E-state index in [0.717, 1.165) is 30.7 Å². The molecule has 0 spiro atoms. The van der Waals surface area contributed by atoms with Gasteiger partial charge in [0.2, 0.25) is 10.0 Å². The van der Waals surface area contributed by atoms with Crippen LogP contribution in [0.25, 0.3) is 6.08 Å². The number of rotatable bonds is 7. The fourth-order valence-corrected chi connectivity index (χ4v) is 3.88. The Hall–Kier alpha value is -1.37. The number of hydrogen-bond donors (Lipinski definition) is 1. The van der Waals surface area contributed by atoms with Crippen molar-refractivity contribution in [1.29, 1.82) is 0 Å². The molecule has 0 atom stereocenters. The maximum absolute atomic E-state index is 11.8. The molecule has 1 fully saturated rings. The number of piperidine rings is 1. The number of methoxy groups -OCH3 is 1. The topological polar surface area (TPSA) is 58.6 Å². The fraction of sp³-hybridized carbons (Fsp3) is 0.529. The lowest BCUT2D eigenvalue weighted by Crippen LogP contribution is -2.45. The maximum Gasteiger partial charge on any atom is 0.213 e. The number of sulfonamides is 1. The molecule has 0 bridgehead atoms. The van der Waals surface area contributed by atoms with Gasteiger partial charge >= 0.3 is 0 Å². The highest BCUT2D eigenvalue weighted by atomic mass is 32.2. The lowest BCUT2D eigenvalue weighted by atomic mass is 10.1. The second kappa shape index (κ2) is 8.47. The molecule has 1 N–H and O–H groups in total. The van der Waals surface area contributed by atoms with Crippen LogP contribution in [0.5, 0.6) is 5.75 Å². The molecule has 128 valence electrons. The highest BCUT2D eigenvalue weighted by Gasteiger charge is 2.25. The number of hydrogen-bond acceptors (Lipinski definition) is 4. The number of benzene rings is 1. The van der Waals surface area contributed by atoms with Gasteiger partial charge in [0.1, 0.15) is 5.75 Å². The van der Waals surface area contributed by atoms with Crippen LogP contribution in [0.1, 0.15) is 25.3 Å². The van der Waals surface area contributed by atoms with Gasteiger partial charge in [0.25, 0.3) is 0 Å². The highest BCUT2D eigenvalue weighted by Crippen LogP contribution is 2.18. The average molecular weight is 338 g/mol. The molecule has 5 nitrogen and oxygen atoms in total. The maximum atomic E-state index is 11.8. The van der Waals surface area contributed by atoms with E-state index >= 15 is 0 Å². The molecule has 1 aromatic rings. The summed E-state index contributed by atoms with van der Waals surface area (Å²) < 4.78 is 30.6. The zero-order valence-corrected chi connectivity index (χ0v) is 14.7. The summed E-state index contributed by atoms with van der Waals surface area (Å²) in [6, 6.07) is 8.27. The third kappa shape index (κ3) is 5.06. The summed E-state index contributed by atoms with van der Waals surface area (Å²) in [5.41, 5.74) is 1.06. The van der Waals surface area contributed by atoms with Gasteiger partial charge in [-0.05, 0) is 25.8 Å². The van der Waals surface area contributed by atoms with Gasteiger partial charge in [0, 0.05) is 31.2 Å². The van der Waals surface area contributed by atoms with Crippen molar-refractivity contribution in [3.63, 3.8) is 0 Å². The van der Waals surface area contributed by atoms with Crippen molar-refractivity contribution in [2.24, 2.45) is 0 Å². The highest BCUT2D eigenvalue weighted by molar-refractivity contribution is 7.89. The smallest absolute Gasteiger partial charge is 0.213 e. The van der Waals surface area contributed by atoms with Crippen LogP contribution >= 0.6 is 0 Å². The number of ether oxygens (including phenoxy) is 1. The molecule has 1 heterocycles. The summed E-state index contributed by atoms with van der Waals surface area (Å²) in [4.78, 5) is 0. The minimum absolute atomic E-state index is 0.187. The van der Waals surface area contributed by atoms with E-state index in [9.17, 15) is 8.42 Å². The van der Waals surface area contributed by atoms with Gasteiger partial charge in [-0.3, -0.25) is 0 Å². The summed E-state index contributed by atoms with van der Waals surface area (Å²) in [6.07, 6.45) is 5.85. The van der Waals surface area contributed by atoms with E-state index < -0.39 is 10.0 Å². The Morgan fingerprint density at radius 1 is 1.30 bits per heavy atom. The van der Waals surface area contributed by atoms with E-state index in [1.807, 2.05) is 30.3 Å². The van der Waals surface area contributed by atoms with Crippen molar-refractivity contribution >= 4 is 16.1 Å². The molecule has 23 heavy (non-hydrogen) atoms. The molecule has 0 aliphatic carbocycles. The average Bonchev–Trinajstić information content (AvgIpc) is 2.59. The fourth-order valence-electron chi connectivity index (χ4n) is 2.75. The van der Waals surface area contributed by atoms with Gasteiger partial charge in [-0.25, -0.2) is 12.7 Å². The standard InChI is InChI=1S/C17H26N2O3S/c1-3-23(20,21)19-13-10-16(11-14-19)18-12-6-8-15-7-4-5-9-17(15)22-2/h4-9,16,18H,3,10-14H2,1-2H3/b8-6+. The molecular formula is C17H26N2O3S. The summed E-state index contributed by atoms with van der Waals surface area (Å²) in [5.74, 6) is 1.05. The van der Waals surface area contributed by atoms with Gasteiger partial charge in [-0.2, -0.15) is 0 Å². The van der Waals surface area contributed by atoms with Crippen molar-refractivity contribution in [3.8, 4) is 5.75 Å². The van der Waals surface area contributed by atoms with Crippen molar-refractivity contribution in [2.75, 3.05) is 32.5 Å². The lowest BCUT2D eigenvalue weighted by molar-refractivity contribution is 0.295. The molecule has 0 unspecified atom stereocenters. The SMILES string of the molecule is CCS(=O)(=O)N1CCC(NC/C=C/c2ccccc2OC)CC1. The summed E-state index contributed by atoms with van der Waals surface area (Å²) in [7, 11) is -1.37. The van der Waals surface area contributed by atoms with Crippen LogP contribution in [0.15, 0.2) is 30.3 Å². The first-order valence-corrected chi connectivity index (χ1v) is 9.68. The van der Waals surface area contributed by atoms with Crippen LogP contribution in [-0.2, 0) is 10.0 Å². The van der Waals surface area contributed by atoms with Crippen LogP contribution in [0.4, 0.5) is 0 Å². The molecule has 0 aromatic heterocycles. The molecule has 1 saturated heterocycles. The Balaban J connectivity index is 1.77. The lowest BCUT2D eigenvalue weighted by Gasteiger charge is -2.31. The van der Waals surface area contributed by atoms with Crippen LogP contribution in [0.3, 0.4) is 0 Å². The van der Waals surface area contributed by atoms with Crippen LogP contribution in [0, 0.1) is 0 Å². The van der Waals surface area contributed by atoms with Crippen LogP contribution in [0.2, 0.25) is 0 Å².